The molecular weight excluding hydrogens is 184 g/mol. The van der Waals surface area contributed by atoms with Gasteiger partial charge in [-0.15, -0.1) is 11.6 Å². The number of carbonyl (C=O) groups excluding carboxylic acids is 1. The van der Waals surface area contributed by atoms with Gasteiger partial charge in [-0.2, -0.15) is 0 Å². The molecule has 0 N–H and O–H groups in total. The first kappa shape index (κ1) is 11.0. The van der Waals surface area contributed by atoms with Gasteiger partial charge in [0.1, 0.15) is 6.29 Å². The minimum absolute atomic E-state index is 0.175. The maximum absolute atomic E-state index is 10.9. The summed E-state index contributed by atoms with van der Waals surface area (Å²) in [5.74, 6) is 1.36. The van der Waals surface area contributed by atoms with Crippen LogP contribution in [0.25, 0.3) is 0 Å². The third-order valence-electron chi connectivity index (χ3n) is 3.31. The Morgan fingerprint density at radius 2 is 2.08 bits per heavy atom. The predicted octanol–water partition coefficient (Wildman–Crippen LogP) is 3.40. The molecule has 1 aliphatic rings. The van der Waals surface area contributed by atoms with E-state index in [1.54, 1.807) is 0 Å². The van der Waals surface area contributed by atoms with E-state index in [2.05, 4.69) is 6.92 Å². The molecule has 0 radical (unpaired) electrons. The van der Waals surface area contributed by atoms with Gasteiger partial charge in [-0.1, -0.05) is 19.8 Å². The van der Waals surface area contributed by atoms with E-state index >= 15 is 0 Å². The Morgan fingerprint density at radius 3 is 2.46 bits per heavy atom. The van der Waals surface area contributed by atoms with Crippen LogP contribution in [0.4, 0.5) is 0 Å². The summed E-state index contributed by atoms with van der Waals surface area (Å²) >= 11 is 5.83. The Bertz CT molecular complexity index is 159. The topological polar surface area (TPSA) is 17.1 Å². The van der Waals surface area contributed by atoms with Crippen LogP contribution in [0.2, 0.25) is 0 Å². The number of aldehydes is 1. The molecule has 2 heteroatoms. The Hall–Kier alpha value is -0.0400. The van der Waals surface area contributed by atoms with E-state index in [9.17, 15) is 4.79 Å². The lowest BCUT2D eigenvalue weighted by Gasteiger charge is -2.34. The lowest BCUT2D eigenvalue weighted by atomic mass is 9.71. The van der Waals surface area contributed by atoms with Crippen LogP contribution in [0.1, 0.15) is 45.4 Å². The molecular formula is C11H19ClO. The van der Waals surface area contributed by atoms with Crippen LogP contribution in [0.5, 0.6) is 0 Å². The highest BCUT2D eigenvalue weighted by atomic mass is 35.5. The first-order valence-corrected chi connectivity index (χ1v) is 5.82. The molecule has 0 saturated heterocycles. The van der Waals surface area contributed by atoms with Crippen molar-refractivity contribution in [3.63, 3.8) is 0 Å². The van der Waals surface area contributed by atoms with Gasteiger partial charge in [0, 0.05) is 11.3 Å². The van der Waals surface area contributed by atoms with E-state index in [-0.39, 0.29) is 5.41 Å². The number of halogens is 1. The third-order valence-corrected chi connectivity index (χ3v) is 3.85. The molecule has 0 aromatic rings. The second kappa shape index (κ2) is 4.99. The first-order chi connectivity index (χ1) is 6.26. The summed E-state index contributed by atoms with van der Waals surface area (Å²) in [6, 6.07) is 0. The quantitative estimate of drug-likeness (QED) is 0.505. The highest BCUT2D eigenvalue weighted by molar-refractivity contribution is 6.19. The second-order valence-electron chi connectivity index (χ2n) is 4.35. The zero-order chi connectivity index (χ0) is 9.73. The molecule has 0 heterocycles. The van der Waals surface area contributed by atoms with Crippen LogP contribution >= 0.6 is 11.6 Å². The van der Waals surface area contributed by atoms with Crippen LogP contribution < -0.4 is 0 Å². The Balaban J connectivity index is 2.40. The van der Waals surface area contributed by atoms with Crippen molar-refractivity contribution in [1.82, 2.24) is 0 Å². The minimum atomic E-state index is -0.175. The molecule has 1 fully saturated rings. The number of alkyl halides is 1. The van der Waals surface area contributed by atoms with Gasteiger partial charge < -0.3 is 4.79 Å². The molecule has 0 aromatic heterocycles. The lowest BCUT2D eigenvalue weighted by molar-refractivity contribution is -0.117. The van der Waals surface area contributed by atoms with Gasteiger partial charge in [0.05, 0.1) is 0 Å². The fourth-order valence-electron chi connectivity index (χ4n) is 2.23. The summed E-state index contributed by atoms with van der Waals surface area (Å²) in [6.45, 7) is 2.23. The predicted molar refractivity (Wildman–Crippen MR) is 56.1 cm³/mol. The summed E-state index contributed by atoms with van der Waals surface area (Å²) in [5.41, 5.74) is -0.175. The van der Waals surface area contributed by atoms with Crippen LogP contribution in [0.3, 0.4) is 0 Å². The molecule has 0 aromatic carbocycles. The van der Waals surface area contributed by atoms with Gasteiger partial charge in [-0.25, -0.2) is 0 Å². The standard InChI is InChI=1S/C11H19ClO/c1-2-3-10-4-6-11(8-12,9-13)7-5-10/h9-10H,2-8H2,1H3. The van der Waals surface area contributed by atoms with Crippen LogP contribution in [-0.4, -0.2) is 12.2 Å². The van der Waals surface area contributed by atoms with E-state index in [0.29, 0.717) is 5.88 Å². The molecule has 0 amide bonds. The summed E-state index contributed by atoms with van der Waals surface area (Å²) in [6.07, 6.45) is 8.06. The van der Waals surface area contributed by atoms with Gasteiger partial charge in [-0.3, -0.25) is 0 Å². The van der Waals surface area contributed by atoms with Crippen molar-refractivity contribution in [2.45, 2.75) is 45.4 Å². The Kier molecular flexibility index (Phi) is 4.24. The average molecular weight is 203 g/mol. The molecule has 1 rings (SSSR count). The van der Waals surface area contributed by atoms with Gasteiger partial charge in [0.15, 0.2) is 0 Å². The number of hydrogen-bond donors (Lipinski definition) is 0. The number of hydrogen-bond acceptors (Lipinski definition) is 1. The molecule has 0 spiro atoms. The molecule has 0 atom stereocenters. The fraction of sp³-hybridized carbons (Fsp3) is 0.909. The van der Waals surface area contributed by atoms with Crippen molar-refractivity contribution in [2.24, 2.45) is 11.3 Å². The lowest BCUT2D eigenvalue weighted by Crippen LogP contribution is -2.30. The highest BCUT2D eigenvalue weighted by Gasteiger charge is 2.33. The Labute approximate surface area is 85.8 Å². The molecule has 1 aliphatic carbocycles. The molecule has 0 aliphatic heterocycles. The van der Waals surface area contributed by atoms with Gasteiger partial charge in [0.25, 0.3) is 0 Å². The molecule has 0 bridgehead atoms. The maximum Gasteiger partial charge on any atom is 0.127 e. The maximum atomic E-state index is 10.9. The minimum Gasteiger partial charge on any atom is -0.303 e. The highest BCUT2D eigenvalue weighted by Crippen LogP contribution is 2.39. The molecule has 1 nitrogen and oxygen atoms in total. The van der Waals surface area contributed by atoms with Crippen LogP contribution in [0.15, 0.2) is 0 Å². The summed E-state index contributed by atoms with van der Waals surface area (Å²) in [5, 5.41) is 0. The van der Waals surface area contributed by atoms with Crippen molar-refractivity contribution >= 4 is 17.9 Å². The molecule has 1 saturated carbocycles. The fourth-order valence-corrected chi connectivity index (χ4v) is 2.56. The normalized spacial score (nSPS) is 34.5. The largest absolute Gasteiger partial charge is 0.303 e. The van der Waals surface area contributed by atoms with Crippen molar-refractivity contribution in [1.29, 1.82) is 0 Å². The van der Waals surface area contributed by atoms with E-state index in [0.717, 1.165) is 25.0 Å². The molecule has 13 heavy (non-hydrogen) atoms. The zero-order valence-corrected chi connectivity index (χ0v) is 9.15. The van der Waals surface area contributed by atoms with Crippen molar-refractivity contribution < 1.29 is 4.79 Å². The second-order valence-corrected chi connectivity index (χ2v) is 4.61. The van der Waals surface area contributed by atoms with Crippen molar-refractivity contribution in [3.8, 4) is 0 Å². The molecule has 0 unspecified atom stereocenters. The van der Waals surface area contributed by atoms with Crippen LogP contribution in [0, 0.1) is 11.3 Å². The third kappa shape index (κ3) is 2.70. The monoisotopic (exact) mass is 202 g/mol. The van der Waals surface area contributed by atoms with Crippen molar-refractivity contribution in [3.05, 3.63) is 0 Å². The van der Waals surface area contributed by atoms with E-state index in [1.807, 2.05) is 0 Å². The van der Waals surface area contributed by atoms with Crippen molar-refractivity contribution in [2.75, 3.05) is 5.88 Å². The molecule has 76 valence electrons. The van der Waals surface area contributed by atoms with E-state index in [4.69, 9.17) is 11.6 Å². The number of carbonyl (C=O) groups is 1. The average Bonchev–Trinajstić information content (AvgIpc) is 2.20. The van der Waals surface area contributed by atoms with Gasteiger partial charge >= 0.3 is 0 Å². The van der Waals surface area contributed by atoms with E-state index < -0.39 is 0 Å². The van der Waals surface area contributed by atoms with E-state index in [1.165, 1.54) is 25.7 Å². The van der Waals surface area contributed by atoms with Crippen LogP contribution in [-0.2, 0) is 4.79 Å². The Morgan fingerprint density at radius 1 is 1.46 bits per heavy atom. The zero-order valence-electron chi connectivity index (χ0n) is 8.39. The number of rotatable bonds is 4. The first-order valence-electron chi connectivity index (χ1n) is 5.28. The SMILES string of the molecule is CCCC1CCC(C=O)(CCl)CC1. The summed E-state index contributed by atoms with van der Waals surface area (Å²) < 4.78 is 0. The smallest absolute Gasteiger partial charge is 0.127 e. The van der Waals surface area contributed by atoms with Gasteiger partial charge in [0.2, 0.25) is 0 Å². The summed E-state index contributed by atoms with van der Waals surface area (Å²) in [7, 11) is 0. The van der Waals surface area contributed by atoms with Gasteiger partial charge in [-0.05, 0) is 31.6 Å². The summed E-state index contributed by atoms with van der Waals surface area (Å²) in [4.78, 5) is 10.9.